The molecule has 0 unspecified atom stereocenters. The van der Waals surface area contributed by atoms with Crippen LogP contribution < -0.4 is 15.6 Å². The first-order valence-electron chi connectivity index (χ1n) is 9.69. The predicted octanol–water partition coefficient (Wildman–Crippen LogP) is 2.76. The highest BCUT2D eigenvalue weighted by molar-refractivity contribution is 5.83. The Balaban J connectivity index is 1.42. The number of nitrogens with one attached hydrogen (secondary N) is 2. The molecule has 0 spiro atoms. The van der Waals surface area contributed by atoms with Crippen LogP contribution in [0.15, 0.2) is 71.7 Å². The van der Waals surface area contributed by atoms with Gasteiger partial charge >= 0.3 is 0 Å². The van der Waals surface area contributed by atoms with E-state index in [1.807, 2.05) is 48.7 Å². The summed E-state index contributed by atoms with van der Waals surface area (Å²) in [4.78, 5) is 27.8. The lowest BCUT2D eigenvalue weighted by Gasteiger charge is -2.10. The Morgan fingerprint density at radius 2 is 1.90 bits per heavy atom. The minimum absolute atomic E-state index is 0.143. The fourth-order valence-electron chi connectivity index (χ4n) is 3.43. The van der Waals surface area contributed by atoms with Gasteiger partial charge in [-0.1, -0.05) is 30.3 Å². The molecule has 0 aliphatic carbocycles. The average molecular weight is 402 g/mol. The summed E-state index contributed by atoms with van der Waals surface area (Å²) in [5.41, 5.74) is 3.20. The first-order valence-corrected chi connectivity index (χ1v) is 9.69. The summed E-state index contributed by atoms with van der Waals surface area (Å²) in [6.45, 7) is 0.331. The van der Waals surface area contributed by atoms with Gasteiger partial charge in [-0.3, -0.25) is 9.59 Å². The van der Waals surface area contributed by atoms with Gasteiger partial charge in [-0.2, -0.15) is 5.10 Å². The molecule has 30 heavy (non-hydrogen) atoms. The minimum atomic E-state index is -0.333. The van der Waals surface area contributed by atoms with Gasteiger partial charge in [-0.05, 0) is 36.2 Å². The predicted molar refractivity (Wildman–Crippen MR) is 115 cm³/mol. The smallest absolute Gasteiger partial charge is 0.267 e. The Bertz CT molecular complexity index is 1240. The van der Waals surface area contributed by atoms with Crippen LogP contribution in [0.3, 0.4) is 0 Å². The second kappa shape index (κ2) is 8.65. The molecule has 0 saturated heterocycles. The Morgan fingerprint density at radius 1 is 1.10 bits per heavy atom. The zero-order valence-electron chi connectivity index (χ0n) is 16.6. The normalized spacial score (nSPS) is 10.8. The molecule has 7 nitrogen and oxygen atoms in total. The molecular formula is C23H22N4O3. The third kappa shape index (κ3) is 4.10. The number of benzene rings is 2. The van der Waals surface area contributed by atoms with E-state index in [1.54, 1.807) is 13.2 Å². The molecule has 7 heteroatoms. The van der Waals surface area contributed by atoms with Crippen molar-refractivity contribution >= 4 is 16.8 Å². The molecule has 0 atom stereocenters. The molecule has 2 aromatic carbocycles. The van der Waals surface area contributed by atoms with Gasteiger partial charge < -0.3 is 15.0 Å². The van der Waals surface area contributed by atoms with Gasteiger partial charge in [0.2, 0.25) is 5.91 Å². The number of ether oxygens (including phenoxy) is 1. The molecule has 152 valence electrons. The molecule has 0 radical (unpaired) electrons. The molecule has 0 aliphatic rings. The number of fused-ring (bicyclic) bond motifs is 1. The fraction of sp³-hybridized carbons (Fsp3) is 0.174. The average Bonchev–Trinajstić information content (AvgIpc) is 3.18. The number of aromatic nitrogens is 3. The van der Waals surface area contributed by atoms with Gasteiger partial charge in [0.25, 0.3) is 5.56 Å². The number of amides is 1. The Labute approximate surface area is 173 Å². The van der Waals surface area contributed by atoms with Crippen molar-refractivity contribution in [2.24, 2.45) is 0 Å². The lowest BCUT2D eigenvalue weighted by molar-refractivity contribution is -0.121. The van der Waals surface area contributed by atoms with Crippen LogP contribution in [0.2, 0.25) is 0 Å². The van der Waals surface area contributed by atoms with E-state index in [1.165, 1.54) is 10.7 Å². The van der Waals surface area contributed by atoms with Crippen molar-refractivity contribution in [1.82, 2.24) is 20.1 Å². The lowest BCUT2D eigenvalue weighted by Crippen LogP contribution is -2.34. The first-order chi connectivity index (χ1) is 14.7. The molecular weight excluding hydrogens is 380 g/mol. The highest BCUT2D eigenvalue weighted by atomic mass is 16.5. The maximum absolute atomic E-state index is 12.4. The van der Waals surface area contributed by atoms with Crippen molar-refractivity contribution in [2.75, 3.05) is 13.7 Å². The van der Waals surface area contributed by atoms with Crippen molar-refractivity contribution in [3.05, 3.63) is 82.8 Å². The van der Waals surface area contributed by atoms with E-state index in [9.17, 15) is 9.59 Å². The number of hydrogen-bond acceptors (Lipinski definition) is 4. The van der Waals surface area contributed by atoms with Gasteiger partial charge in [-0.15, -0.1) is 0 Å². The molecule has 0 bridgehead atoms. The van der Waals surface area contributed by atoms with Crippen molar-refractivity contribution in [3.8, 4) is 17.0 Å². The number of nitrogens with zero attached hydrogens (tertiary/aromatic N) is 2. The van der Waals surface area contributed by atoms with Crippen molar-refractivity contribution < 1.29 is 9.53 Å². The third-order valence-corrected chi connectivity index (χ3v) is 4.93. The van der Waals surface area contributed by atoms with E-state index in [-0.39, 0.29) is 18.0 Å². The number of carbonyl (C=O) groups excluding carboxylic acids is 1. The first kappa shape index (κ1) is 19.4. The maximum Gasteiger partial charge on any atom is 0.267 e. The summed E-state index contributed by atoms with van der Waals surface area (Å²) in [7, 11) is 1.58. The van der Waals surface area contributed by atoms with E-state index in [0.29, 0.717) is 24.4 Å². The zero-order chi connectivity index (χ0) is 20.9. The number of aromatic amines is 1. The molecule has 2 heterocycles. The maximum atomic E-state index is 12.4. The van der Waals surface area contributed by atoms with Crippen LogP contribution in [0, 0.1) is 0 Å². The Kier molecular flexibility index (Phi) is 5.61. The van der Waals surface area contributed by atoms with Crippen molar-refractivity contribution in [3.63, 3.8) is 0 Å². The highest BCUT2D eigenvalue weighted by Crippen LogP contribution is 2.27. The van der Waals surface area contributed by atoms with Crippen LogP contribution in [0.4, 0.5) is 0 Å². The molecule has 0 saturated carbocycles. The van der Waals surface area contributed by atoms with Crippen molar-refractivity contribution in [2.45, 2.75) is 13.0 Å². The number of carbonyl (C=O) groups is 1. The highest BCUT2D eigenvalue weighted by Gasteiger charge is 2.11. The van der Waals surface area contributed by atoms with Crippen molar-refractivity contribution in [1.29, 1.82) is 0 Å². The van der Waals surface area contributed by atoms with Gasteiger partial charge in [-0.25, -0.2) is 4.68 Å². The number of hydrogen-bond donors (Lipinski definition) is 2. The molecule has 1 amide bonds. The number of rotatable bonds is 7. The van der Waals surface area contributed by atoms with E-state index >= 15 is 0 Å². The van der Waals surface area contributed by atoms with E-state index in [2.05, 4.69) is 21.5 Å². The van der Waals surface area contributed by atoms with Gasteiger partial charge in [0.15, 0.2) is 0 Å². The molecule has 0 fully saturated rings. The monoisotopic (exact) mass is 402 g/mol. The van der Waals surface area contributed by atoms with Crippen LogP contribution in [0.5, 0.6) is 5.75 Å². The standard InChI is InChI=1S/C23H22N4O3/c1-30-21-9-5-3-7-18(21)20-10-11-23(29)27(26-20)15-22(28)24-13-12-16-14-25-19-8-4-2-6-17(16)19/h2-11,14,25H,12-13,15H2,1H3,(H,24,28). The molecule has 4 aromatic rings. The van der Waals surface area contributed by atoms with Gasteiger partial charge in [0.05, 0.1) is 12.8 Å². The summed E-state index contributed by atoms with van der Waals surface area (Å²) < 4.78 is 6.53. The van der Waals surface area contributed by atoms with Crippen LogP contribution >= 0.6 is 0 Å². The zero-order valence-corrected chi connectivity index (χ0v) is 16.6. The summed E-state index contributed by atoms with van der Waals surface area (Å²) in [6.07, 6.45) is 2.65. The fourth-order valence-corrected chi connectivity index (χ4v) is 3.43. The summed E-state index contributed by atoms with van der Waals surface area (Å²) in [5.74, 6) is 0.389. The van der Waals surface area contributed by atoms with Crippen LogP contribution in [-0.4, -0.2) is 34.3 Å². The topological polar surface area (TPSA) is 89.0 Å². The van der Waals surface area contributed by atoms with Gasteiger partial charge in [0, 0.05) is 35.3 Å². The quantitative estimate of drug-likeness (QED) is 0.497. The Morgan fingerprint density at radius 3 is 2.77 bits per heavy atom. The van der Waals surface area contributed by atoms with Gasteiger partial charge in [0.1, 0.15) is 12.3 Å². The molecule has 0 aliphatic heterocycles. The van der Waals surface area contributed by atoms with E-state index in [4.69, 9.17) is 4.74 Å². The second-order valence-corrected chi connectivity index (χ2v) is 6.87. The number of para-hydroxylation sites is 2. The second-order valence-electron chi connectivity index (χ2n) is 6.87. The number of H-pyrrole nitrogens is 1. The summed E-state index contributed by atoms with van der Waals surface area (Å²) >= 11 is 0. The molecule has 2 N–H and O–H groups in total. The summed E-state index contributed by atoms with van der Waals surface area (Å²) in [6, 6.07) is 18.5. The van der Waals surface area contributed by atoms with Crippen LogP contribution in [-0.2, 0) is 17.8 Å². The van der Waals surface area contributed by atoms with E-state index in [0.717, 1.165) is 22.0 Å². The molecule has 4 rings (SSSR count). The largest absolute Gasteiger partial charge is 0.496 e. The minimum Gasteiger partial charge on any atom is -0.496 e. The van der Waals surface area contributed by atoms with E-state index < -0.39 is 0 Å². The SMILES string of the molecule is COc1ccccc1-c1ccc(=O)n(CC(=O)NCCc2c[nH]c3ccccc23)n1. The summed E-state index contributed by atoms with van der Waals surface area (Å²) in [5, 5.41) is 8.36. The number of methoxy groups -OCH3 is 1. The van der Waals surface area contributed by atoms with Crippen LogP contribution in [0.1, 0.15) is 5.56 Å². The Hall–Kier alpha value is -3.87. The molecule has 2 aromatic heterocycles. The van der Waals surface area contributed by atoms with Crippen LogP contribution in [0.25, 0.3) is 22.2 Å². The lowest BCUT2D eigenvalue weighted by atomic mass is 10.1. The third-order valence-electron chi connectivity index (χ3n) is 4.93.